The molecule has 3 N–H and O–H groups in total. The topological polar surface area (TPSA) is 50.9 Å². The van der Waals surface area contributed by atoms with Gasteiger partial charge in [0, 0.05) is 12.1 Å². The average Bonchev–Trinajstić information content (AvgIpc) is 2.35. The molecular weight excluding hydrogens is 158 g/mol. The normalized spacial score (nSPS) is 12.9. The lowest BCUT2D eigenvalue weighted by atomic mass is 10.3. The van der Waals surface area contributed by atoms with Crippen molar-refractivity contribution in [3.63, 3.8) is 0 Å². The molecule has 0 fully saturated rings. The van der Waals surface area contributed by atoms with Crippen LogP contribution in [0.2, 0.25) is 0 Å². The van der Waals surface area contributed by atoms with Crippen LogP contribution in [0.3, 0.4) is 0 Å². The minimum Gasteiger partial charge on any atom is -0.383 e. The molecule has 0 aliphatic carbocycles. The van der Waals surface area contributed by atoms with Gasteiger partial charge in [0.2, 0.25) is 0 Å². The third-order valence-electron chi connectivity index (χ3n) is 1.53. The zero-order valence-electron chi connectivity index (χ0n) is 6.79. The zero-order chi connectivity index (χ0) is 8.27. The van der Waals surface area contributed by atoms with Crippen LogP contribution in [0, 0.1) is 0 Å². The van der Waals surface area contributed by atoms with Crippen molar-refractivity contribution < 1.29 is 0 Å². The summed E-state index contributed by atoms with van der Waals surface area (Å²) in [7, 11) is 0. The van der Waals surface area contributed by atoms with E-state index in [1.165, 1.54) is 11.5 Å². The van der Waals surface area contributed by atoms with E-state index in [2.05, 4.69) is 23.5 Å². The van der Waals surface area contributed by atoms with Crippen LogP contribution in [0.1, 0.15) is 20.3 Å². The molecule has 1 rings (SSSR count). The maximum absolute atomic E-state index is 5.46. The summed E-state index contributed by atoms with van der Waals surface area (Å²) >= 11 is 1.41. The van der Waals surface area contributed by atoms with Gasteiger partial charge in [-0.1, -0.05) is 6.92 Å². The second kappa shape index (κ2) is 3.57. The van der Waals surface area contributed by atoms with Crippen LogP contribution in [0.25, 0.3) is 0 Å². The smallest absolute Gasteiger partial charge is 0.139 e. The molecule has 0 saturated heterocycles. The third-order valence-corrected chi connectivity index (χ3v) is 2.26. The number of nitrogens with two attached hydrogens (primary N) is 1. The summed E-state index contributed by atoms with van der Waals surface area (Å²) in [6, 6.07) is 2.35. The Balaban J connectivity index is 2.50. The van der Waals surface area contributed by atoms with Crippen LogP contribution in [0.15, 0.2) is 6.07 Å². The van der Waals surface area contributed by atoms with Crippen LogP contribution in [-0.2, 0) is 0 Å². The third kappa shape index (κ3) is 2.38. The van der Waals surface area contributed by atoms with Crippen LogP contribution in [0.5, 0.6) is 0 Å². The van der Waals surface area contributed by atoms with Gasteiger partial charge in [0.15, 0.2) is 0 Å². The van der Waals surface area contributed by atoms with Crippen molar-refractivity contribution >= 4 is 22.4 Å². The molecule has 0 aromatic carbocycles. The fraction of sp³-hybridized carbons (Fsp3) is 0.571. The standard InChI is InChI=1S/C7H13N3S/c1-3-5(2)9-7-4-6(8)10-11-7/h4-5,9H,3H2,1-2H3,(H2,8,10). The highest BCUT2D eigenvalue weighted by molar-refractivity contribution is 7.10. The molecule has 62 valence electrons. The van der Waals surface area contributed by atoms with E-state index in [1.807, 2.05) is 6.07 Å². The summed E-state index contributed by atoms with van der Waals surface area (Å²) in [5.41, 5.74) is 5.46. The van der Waals surface area contributed by atoms with Crippen LogP contribution in [0.4, 0.5) is 10.8 Å². The molecule has 0 aliphatic rings. The van der Waals surface area contributed by atoms with Gasteiger partial charge in [0.1, 0.15) is 10.8 Å². The van der Waals surface area contributed by atoms with E-state index in [4.69, 9.17) is 5.73 Å². The summed E-state index contributed by atoms with van der Waals surface area (Å²) in [6.07, 6.45) is 1.11. The molecule has 11 heavy (non-hydrogen) atoms. The van der Waals surface area contributed by atoms with Crippen molar-refractivity contribution in [2.45, 2.75) is 26.3 Å². The predicted octanol–water partition coefficient (Wildman–Crippen LogP) is 1.94. The van der Waals surface area contributed by atoms with Crippen molar-refractivity contribution in [2.24, 2.45) is 0 Å². The van der Waals surface area contributed by atoms with Gasteiger partial charge in [-0.3, -0.25) is 0 Å². The predicted molar refractivity (Wildman–Crippen MR) is 49.9 cm³/mol. The highest BCUT2D eigenvalue weighted by Gasteiger charge is 2.01. The molecule has 1 aromatic rings. The SMILES string of the molecule is CCC(C)Nc1cc(N)ns1. The number of aromatic nitrogens is 1. The minimum atomic E-state index is 0.495. The first kappa shape index (κ1) is 8.33. The Morgan fingerprint density at radius 1 is 1.82 bits per heavy atom. The second-order valence-corrected chi connectivity index (χ2v) is 3.37. The van der Waals surface area contributed by atoms with E-state index in [1.54, 1.807) is 0 Å². The molecular formula is C7H13N3S. The van der Waals surface area contributed by atoms with Crippen LogP contribution >= 0.6 is 11.5 Å². The van der Waals surface area contributed by atoms with Crippen LogP contribution < -0.4 is 11.1 Å². The molecule has 0 bridgehead atoms. The second-order valence-electron chi connectivity index (χ2n) is 2.57. The molecule has 3 nitrogen and oxygen atoms in total. The first-order valence-corrected chi connectivity index (χ1v) is 4.48. The molecule has 0 spiro atoms. The first-order chi connectivity index (χ1) is 5.22. The van der Waals surface area contributed by atoms with Gasteiger partial charge in [-0.2, -0.15) is 4.37 Å². The quantitative estimate of drug-likeness (QED) is 0.730. The lowest BCUT2D eigenvalue weighted by Crippen LogP contribution is -2.11. The maximum Gasteiger partial charge on any atom is 0.139 e. The number of nitrogens with zero attached hydrogens (tertiary/aromatic N) is 1. The Labute approximate surface area is 70.8 Å². The van der Waals surface area contributed by atoms with Crippen molar-refractivity contribution in [1.82, 2.24) is 4.37 Å². The number of nitrogens with one attached hydrogen (secondary N) is 1. The van der Waals surface area contributed by atoms with Gasteiger partial charge < -0.3 is 11.1 Å². The van der Waals surface area contributed by atoms with Gasteiger partial charge in [-0.25, -0.2) is 0 Å². The Bertz CT molecular complexity index is 221. The van der Waals surface area contributed by atoms with E-state index < -0.39 is 0 Å². The summed E-state index contributed by atoms with van der Waals surface area (Å²) < 4.78 is 3.96. The van der Waals surface area contributed by atoms with Gasteiger partial charge in [0.25, 0.3) is 0 Å². The summed E-state index contributed by atoms with van der Waals surface area (Å²) in [5, 5.41) is 4.34. The minimum absolute atomic E-state index is 0.495. The van der Waals surface area contributed by atoms with E-state index in [-0.39, 0.29) is 0 Å². The summed E-state index contributed by atoms with van der Waals surface area (Å²) in [6.45, 7) is 4.28. The fourth-order valence-corrected chi connectivity index (χ4v) is 1.39. The Hall–Kier alpha value is -0.770. The van der Waals surface area contributed by atoms with Gasteiger partial charge in [0.05, 0.1) is 0 Å². The molecule has 1 aromatic heterocycles. The maximum atomic E-state index is 5.46. The first-order valence-electron chi connectivity index (χ1n) is 3.71. The number of anilines is 2. The fourth-order valence-electron chi connectivity index (χ4n) is 0.702. The van der Waals surface area contributed by atoms with E-state index in [0.29, 0.717) is 11.9 Å². The molecule has 1 atom stereocenters. The summed E-state index contributed by atoms with van der Waals surface area (Å²) in [5.74, 6) is 0.598. The van der Waals surface area contributed by atoms with Crippen molar-refractivity contribution in [3.8, 4) is 0 Å². The number of hydrogen-bond donors (Lipinski definition) is 2. The van der Waals surface area contributed by atoms with Gasteiger partial charge in [-0.05, 0) is 24.9 Å². The number of nitrogen functional groups attached to an aromatic ring is 1. The Morgan fingerprint density at radius 3 is 3.00 bits per heavy atom. The highest BCUT2D eigenvalue weighted by Crippen LogP contribution is 2.18. The Morgan fingerprint density at radius 2 is 2.55 bits per heavy atom. The zero-order valence-corrected chi connectivity index (χ0v) is 7.61. The lowest BCUT2D eigenvalue weighted by Gasteiger charge is -2.08. The molecule has 1 heterocycles. The number of rotatable bonds is 3. The molecule has 0 amide bonds. The van der Waals surface area contributed by atoms with Gasteiger partial charge in [-0.15, -0.1) is 0 Å². The molecule has 0 saturated carbocycles. The molecule has 4 heteroatoms. The Kier molecular flexibility index (Phi) is 2.70. The highest BCUT2D eigenvalue weighted by atomic mass is 32.1. The average molecular weight is 171 g/mol. The lowest BCUT2D eigenvalue weighted by molar-refractivity contribution is 0.767. The van der Waals surface area contributed by atoms with Crippen molar-refractivity contribution in [3.05, 3.63) is 6.07 Å². The molecule has 0 aliphatic heterocycles. The van der Waals surface area contributed by atoms with Crippen molar-refractivity contribution in [1.29, 1.82) is 0 Å². The van der Waals surface area contributed by atoms with E-state index >= 15 is 0 Å². The van der Waals surface area contributed by atoms with Crippen LogP contribution in [-0.4, -0.2) is 10.4 Å². The van der Waals surface area contributed by atoms with Crippen molar-refractivity contribution in [2.75, 3.05) is 11.1 Å². The number of hydrogen-bond acceptors (Lipinski definition) is 4. The summed E-state index contributed by atoms with van der Waals surface area (Å²) in [4.78, 5) is 0. The largest absolute Gasteiger partial charge is 0.383 e. The molecule has 1 unspecified atom stereocenters. The van der Waals surface area contributed by atoms with E-state index in [0.717, 1.165) is 11.4 Å². The molecule has 0 radical (unpaired) electrons. The van der Waals surface area contributed by atoms with Gasteiger partial charge >= 0.3 is 0 Å². The van der Waals surface area contributed by atoms with E-state index in [9.17, 15) is 0 Å². The monoisotopic (exact) mass is 171 g/mol.